The number of hydrogen-bond acceptors (Lipinski definition) is 4. The van der Waals surface area contributed by atoms with E-state index >= 15 is 0 Å². The SMILES string of the molecule is COC(=O)c1ccc2c(c1N)CN(CCC(C)C)C2. The van der Waals surface area contributed by atoms with Crippen LogP contribution in [0.4, 0.5) is 5.69 Å². The van der Waals surface area contributed by atoms with Gasteiger partial charge in [0.15, 0.2) is 0 Å². The van der Waals surface area contributed by atoms with Crippen LogP contribution in [0.1, 0.15) is 41.8 Å². The molecule has 0 atom stereocenters. The van der Waals surface area contributed by atoms with Gasteiger partial charge in [0.1, 0.15) is 0 Å². The van der Waals surface area contributed by atoms with Crippen molar-refractivity contribution in [3.05, 3.63) is 28.8 Å². The molecule has 1 aromatic carbocycles. The summed E-state index contributed by atoms with van der Waals surface area (Å²) in [5.41, 5.74) is 9.48. The fourth-order valence-electron chi connectivity index (χ4n) is 2.45. The molecule has 1 aliphatic heterocycles. The fraction of sp³-hybridized carbons (Fsp3) is 0.533. The molecule has 0 spiro atoms. The lowest BCUT2D eigenvalue weighted by atomic mass is 10.0. The summed E-state index contributed by atoms with van der Waals surface area (Å²) in [6.45, 7) is 7.28. The van der Waals surface area contributed by atoms with Gasteiger partial charge in [-0.1, -0.05) is 19.9 Å². The van der Waals surface area contributed by atoms with E-state index < -0.39 is 0 Å². The van der Waals surface area contributed by atoms with Crippen molar-refractivity contribution in [2.24, 2.45) is 5.92 Å². The summed E-state index contributed by atoms with van der Waals surface area (Å²) in [7, 11) is 1.38. The van der Waals surface area contributed by atoms with Crippen molar-refractivity contribution < 1.29 is 9.53 Å². The zero-order chi connectivity index (χ0) is 14.0. The molecule has 0 unspecified atom stereocenters. The van der Waals surface area contributed by atoms with Gasteiger partial charge in [-0.3, -0.25) is 4.90 Å². The van der Waals surface area contributed by atoms with Crippen LogP contribution in [0.3, 0.4) is 0 Å². The van der Waals surface area contributed by atoms with Crippen LogP contribution in [0.5, 0.6) is 0 Å². The van der Waals surface area contributed by atoms with Crippen LogP contribution in [0.25, 0.3) is 0 Å². The summed E-state index contributed by atoms with van der Waals surface area (Å²) in [6.07, 6.45) is 1.18. The maximum atomic E-state index is 11.6. The molecule has 104 valence electrons. The minimum atomic E-state index is -0.360. The van der Waals surface area contributed by atoms with Gasteiger partial charge in [0.05, 0.1) is 18.4 Å². The molecule has 0 bridgehead atoms. The van der Waals surface area contributed by atoms with Gasteiger partial charge in [-0.05, 0) is 36.1 Å². The first-order chi connectivity index (χ1) is 9.02. The van der Waals surface area contributed by atoms with Gasteiger partial charge < -0.3 is 10.5 Å². The summed E-state index contributed by atoms with van der Waals surface area (Å²) in [5.74, 6) is 0.340. The Hall–Kier alpha value is -1.55. The zero-order valence-electron chi connectivity index (χ0n) is 11.9. The Morgan fingerprint density at radius 3 is 2.79 bits per heavy atom. The number of nitrogen functional groups attached to an aromatic ring is 1. The van der Waals surface area contributed by atoms with Crippen LogP contribution >= 0.6 is 0 Å². The van der Waals surface area contributed by atoms with E-state index in [2.05, 4.69) is 18.7 Å². The molecule has 19 heavy (non-hydrogen) atoms. The van der Waals surface area contributed by atoms with Crippen molar-refractivity contribution in [3.8, 4) is 0 Å². The number of hydrogen-bond donors (Lipinski definition) is 1. The number of fused-ring (bicyclic) bond motifs is 1. The smallest absolute Gasteiger partial charge is 0.339 e. The molecular weight excluding hydrogens is 240 g/mol. The average Bonchev–Trinajstić information content (AvgIpc) is 2.80. The maximum absolute atomic E-state index is 11.6. The number of anilines is 1. The van der Waals surface area contributed by atoms with Gasteiger partial charge in [-0.25, -0.2) is 4.79 Å². The minimum Gasteiger partial charge on any atom is -0.465 e. The Bertz CT molecular complexity index is 483. The highest BCUT2D eigenvalue weighted by Crippen LogP contribution is 2.30. The van der Waals surface area contributed by atoms with Gasteiger partial charge >= 0.3 is 5.97 Å². The molecule has 2 rings (SSSR count). The number of methoxy groups -OCH3 is 1. The number of nitrogens with two attached hydrogens (primary N) is 1. The van der Waals surface area contributed by atoms with Gasteiger partial charge in [-0.15, -0.1) is 0 Å². The number of carbonyl (C=O) groups is 1. The van der Waals surface area contributed by atoms with Crippen molar-refractivity contribution >= 4 is 11.7 Å². The first kappa shape index (κ1) is 13.9. The van der Waals surface area contributed by atoms with Crippen molar-refractivity contribution in [1.82, 2.24) is 4.90 Å². The molecular formula is C15H22N2O2. The molecule has 0 fully saturated rings. The summed E-state index contributed by atoms with van der Waals surface area (Å²) in [6, 6.07) is 3.76. The number of ether oxygens (including phenoxy) is 1. The Labute approximate surface area is 114 Å². The first-order valence-corrected chi connectivity index (χ1v) is 6.73. The molecule has 0 aromatic heterocycles. The molecule has 2 N–H and O–H groups in total. The molecule has 1 aliphatic rings. The lowest BCUT2D eigenvalue weighted by molar-refractivity contribution is 0.0602. The van der Waals surface area contributed by atoms with Crippen molar-refractivity contribution in [3.63, 3.8) is 0 Å². The zero-order valence-corrected chi connectivity index (χ0v) is 11.9. The van der Waals surface area contributed by atoms with Crippen molar-refractivity contribution in [2.75, 3.05) is 19.4 Å². The molecule has 1 heterocycles. The molecule has 0 aliphatic carbocycles. The number of benzene rings is 1. The first-order valence-electron chi connectivity index (χ1n) is 6.73. The van der Waals surface area contributed by atoms with Crippen LogP contribution in [0.2, 0.25) is 0 Å². The topological polar surface area (TPSA) is 55.6 Å². The van der Waals surface area contributed by atoms with E-state index in [0.29, 0.717) is 17.2 Å². The average molecular weight is 262 g/mol. The lowest BCUT2D eigenvalue weighted by Gasteiger charge is -2.16. The standard InChI is InChI=1S/C15H22N2O2/c1-10(2)6-7-17-8-11-4-5-12(15(18)19-3)14(16)13(11)9-17/h4-5,10H,6-9,16H2,1-3H3. The van der Waals surface area contributed by atoms with E-state index in [4.69, 9.17) is 10.5 Å². The predicted octanol–water partition coefficient (Wildman–Crippen LogP) is 2.42. The van der Waals surface area contributed by atoms with E-state index in [1.165, 1.54) is 19.1 Å². The summed E-state index contributed by atoms with van der Waals surface area (Å²) in [5, 5.41) is 0. The second-order valence-corrected chi connectivity index (χ2v) is 5.55. The third-order valence-electron chi connectivity index (χ3n) is 3.66. The highest BCUT2D eigenvalue weighted by Gasteiger charge is 2.24. The quantitative estimate of drug-likeness (QED) is 0.669. The predicted molar refractivity (Wildman–Crippen MR) is 75.8 cm³/mol. The van der Waals surface area contributed by atoms with Gasteiger partial charge in [0, 0.05) is 13.1 Å². The van der Waals surface area contributed by atoms with E-state index in [9.17, 15) is 4.79 Å². The number of esters is 1. The maximum Gasteiger partial charge on any atom is 0.339 e. The normalized spacial score (nSPS) is 14.7. The Morgan fingerprint density at radius 1 is 1.42 bits per heavy atom. The third kappa shape index (κ3) is 2.89. The lowest BCUT2D eigenvalue weighted by Crippen LogP contribution is -2.19. The van der Waals surface area contributed by atoms with Crippen LogP contribution in [0.15, 0.2) is 12.1 Å². The van der Waals surface area contributed by atoms with Gasteiger partial charge in [0.25, 0.3) is 0 Å². The van der Waals surface area contributed by atoms with E-state index in [1.54, 1.807) is 6.07 Å². The minimum absolute atomic E-state index is 0.360. The van der Waals surface area contributed by atoms with Crippen molar-refractivity contribution in [2.45, 2.75) is 33.4 Å². The van der Waals surface area contributed by atoms with Gasteiger partial charge in [-0.2, -0.15) is 0 Å². The number of rotatable bonds is 4. The summed E-state index contributed by atoms with van der Waals surface area (Å²) in [4.78, 5) is 14.0. The van der Waals surface area contributed by atoms with Crippen LogP contribution in [-0.2, 0) is 17.8 Å². The second-order valence-electron chi connectivity index (χ2n) is 5.55. The molecule has 1 aromatic rings. The second kappa shape index (κ2) is 5.61. The Balaban J connectivity index is 2.15. The molecule has 0 radical (unpaired) electrons. The fourth-order valence-corrected chi connectivity index (χ4v) is 2.45. The molecule has 4 nitrogen and oxygen atoms in total. The summed E-state index contributed by atoms with van der Waals surface area (Å²) < 4.78 is 4.75. The van der Waals surface area contributed by atoms with Crippen LogP contribution in [0, 0.1) is 5.92 Å². The Morgan fingerprint density at radius 2 is 2.16 bits per heavy atom. The number of carbonyl (C=O) groups excluding carboxylic acids is 1. The molecule has 4 heteroatoms. The number of nitrogens with zero attached hydrogens (tertiary/aromatic N) is 1. The Kier molecular flexibility index (Phi) is 4.10. The van der Waals surface area contributed by atoms with E-state index in [1.807, 2.05) is 6.07 Å². The highest BCUT2D eigenvalue weighted by molar-refractivity contribution is 5.96. The third-order valence-corrected chi connectivity index (χ3v) is 3.66. The van der Waals surface area contributed by atoms with Crippen LogP contribution in [-0.4, -0.2) is 24.5 Å². The highest BCUT2D eigenvalue weighted by atomic mass is 16.5. The summed E-state index contributed by atoms with van der Waals surface area (Å²) >= 11 is 0. The van der Waals surface area contributed by atoms with E-state index in [0.717, 1.165) is 25.2 Å². The monoisotopic (exact) mass is 262 g/mol. The van der Waals surface area contributed by atoms with E-state index in [-0.39, 0.29) is 5.97 Å². The van der Waals surface area contributed by atoms with Crippen LogP contribution < -0.4 is 5.73 Å². The molecule has 0 saturated heterocycles. The van der Waals surface area contributed by atoms with Crippen molar-refractivity contribution in [1.29, 1.82) is 0 Å². The molecule has 0 amide bonds. The largest absolute Gasteiger partial charge is 0.465 e. The molecule has 0 saturated carbocycles. The van der Waals surface area contributed by atoms with Gasteiger partial charge in [0.2, 0.25) is 0 Å².